The summed E-state index contributed by atoms with van der Waals surface area (Å²) in [5.74, 6) is -0.0200. The van der Waals surface area contributed by atoms with Crippen LogP contribution in [0.5, 0.6) is 0 Å². The van der Waals surface area contributed by atoms with Gasteiger partial charge in [-0.3, -0.25) is 4.79 Å². The van der Waals surface area contributed by atoms with Gasteiger partial charge in [-0.1, -0.05) is 373 Å². The predicted molar refractivity (Wildman–Crippen MR) is 309 cm³/mol. The Morgan fingerprint density at radius 3 is 0.652 bits per heavy atom. The average Bonchev–Trinajstić information content (AvgIpc) is 3.35. The highest BCUT2D eigenvalue weighted by molar-refractivity contribution is 5.76. The Morgan fingerprint density at radius 2 is 0.464 bits per heavy atom. The molecule has 3 N–H and O–H groups in total. The number of hydrogen-bond acceptors (Lipinski definition) is 3. The van der Waals surface area contributed by atoms with E-state index in [1.165, 1.54) is 340 Å². The Labute approximate surface area is 435 Å². The van der Waals surface area contributed by atoms with E-state index in [4.69, 9.17) is 0 Å². The Balaban J connectivity index is 3.36. The lowest BCUT2D eigenvalue weighted by Crippen LogP contribution is -2.45. The van der Waals surface area contributed by atoms with Crippen LogP contribution in [0.4, 0.5) is 0 Å². The minimum absolute atomic E-state index is 0.0200. The van der Waals surface area contributed by atoms with Crippen molar-refractivity contribution in [1.82, 2.24) is 5.32 Å². The van der Waals surface area contributed by atoms with Gasteiger partial charge in [-0.25, -0.2) is 0 Å². The summed E-state index contributed by atoms with van der Waals surface area (Å²) in [6, 6.07) is -0.532. The van der Waals surface area contributed by atoms with Crippen molar-refractivity contribution in [1.29, 1.82) is 0 Å². The topological polar surface area (TPSA) is 69.6 Å². The first-order valence-electron chi connectivity index (χ1n) is 32.7. The van der Waals surface area contributed by atoms with Gasteiger partial charge in [-0.15, -0.1) is 0 Å². The van der Waals surface area contributed by atoms with Crippen LogP contribution in [0.3, 0.4) is 0 Å². The summed E-state index contributed by atoms with van der Waals surface area (Å²) in [6.45, 7) is 4.42. The largest absolute Gasteiger partial charge is 0.394 e. The molecule has 0 rings (SSSR count). The van der Waals surface area contributed by atoms with E-state index in [0.717, 1.165) is 25.7 Å². The van der Waals surface area contributed by atoms with Crippen molar-refractivity contribution < 1.29 is 15.0 Å². The zero-order valence-corrected chi connectivity index (χ0v) is 47.9. The van der Waals surface area contributed by atoms with Gasteiger partial charge in [0, 0.05) is 6.42 Å². The number of nitrogens with one attached hydrogen (secondary N) is 1. The minimum atomic E-state index is -0.656. The molecular formula is C65H131NO3. The van der Waals surface area contributed by atoms with Crippen LogP contribution in [0.2, 0.25) is 0 Å². The van der Waals surface area contributed by atoms with Gasteiger partial charge in [0.1, 0.15) is 0 Å². The standard InChI is InChI=1S/C65H131NO3/c1-3-5-7-9-11-13-15-17-19-21-23-25-27-29-30-31-32-33-34-35-36-37-39-41-43-45-47-49-51-53-55-57-59-61-65(69)66-63(62-67)64(68)60-58-56-54-52-50-48-46-44-42-40-38-28-26-24-22-20-18-16-14-12-10-8-6-4-2/h63-64,67-68H,3-62H2,1-2H3,(H,66,69). The third kappa shape index (κ3) is 58.2. The summed E-state index contributed by atoms with van der Waals surface area (Å²) in [4.78, 5) is 12.5. The lowest BCUT2D eigenvalue weighted by molar-refractivity contribution is -0.123. The molecule has 2 atom stereocenters. The van der Waals surface area contributed by atoms with Crippen LogP contribution in [0, 0.1) is 0 Å². The van der Waals surface area contributed by atoms with E-state index in [0.29, 0.717) is 12.8 Å². The summed E-state index contributed by atoms with van der Waals surface area (Å²) in [5, 5.41) is 23.4. The number of carbonyl (C=O) groups excluding carboxylic acids is 1. The van der Waals surface area contributed by atoms with Crippen LogP contribution in [-0.4, -0.2) is 34.9 Å². The van der Waals surface area contributed by atoms with Crippen molar-refractivity contribution >= 4 is 5.91 Å². The van der Waals surface area contributed by atoms with Gasteiger partial charge in [0.25, 0.3) is 0 Å². The number of unbranched alkanes of at least 4 members (excludes halogenated alkanes) is 55. The SMILES string of the molecule is CCCCCCCCCCCCCCCCCCCCCCCCCCCCCCCCCCCC(=O)NC(CO)C(O)CCCCCCCCCCCCCCCCCCCCCCCCCC. The minimum Gasteiger partial charge on any atom is -0.394 e. The number of hydrogen-bond donors (Lipinski definition) is 3. The first kappa shape index (κ1) is 68.4. The van der Waals surface area contributed by atoms with Crippen LogP contribution in [-0.2, 0) is 4.79 Å². The van der Waals surface area contributed by atoms with Gasteiger partial charge in [0.15, 0.2) is 0 Å². The van der Waals surface area contributed by atoms with Crippen molar-refractivity contribution in [2.45, 2.75) is 405 Å². The molecule has 414 valence electrons. The van der Waals surface area contributed by atoms with E-state index < -0.39 is 12.1 Å². The molecular weight excluding hydrogens is 843 g/mol. The molecule has 0 heterocycles. The number of aliphatic hydroxyl groups excluding tert-OH is 2. The highest BCUT2D eigenvalue weighted by Crippen LogP contribution is 2.20. The molecule has 0 aliphatic carbocycles. The molecule has 0 radical (unpaired) electrons. The number of amides is 1. The Morgan fingerprint density at radius 1 is 0.290 bits per heavy atom. The maximum Gasteiger partial charge on any atom is 0.220 e. The summed E-state index contributed by atoms with van der Waals surface area (Å²) in [6.07, 6.45) is 80.0. The number of carbonyl (C=O) groups is 1. The van der Waals surface area contributed by atoms with Crippen molar-refractivity contribution in [3.63, 3.8) is 0 Å². The van der Waals surface area contributed by atoms with E-state index in [2.05, 4.69) is 19.2 Å². The maximum absolute atomic E-state index is 12.5. The molecule has 0 aliphatic rings. The third-order valence-electron chi connectivity index (χ3n) is 15.9. The van der Waals surface area contributed by atoms with E-state index in [1.54, 1.807) is 0 Å². The van der Waals surface area contributed by atoms with Crippen LogP contribution in [0.1, 0.15) is 393 Å². The monoisotopic (exact) mass is 974 g/mol. The molecule has 0 saturated carbocycles. The second-order valence-electron chi connectivity index (χ2n) is 22.9. The van der Waals surface area contributed by atoms with Crippen molar-refractivity contribution in [3.8, 4) is 0 Å². The molecule has 0 saturated heterocycles. The van der Waals surface area contributed by atoms with Crippen molar-refractivity contribution in [2.75, 3.05) is 6.61 Å². The van der Waals surface area contributed by atoms with Gasteiger partial charge in [0.2, 0.25) is 5.91 Å². The van der Waals surface area contributed by atoms with Crippen LogP contribution in [0.15, 0.2) is 0 Å². The van der Waals surface area contributed by atoms with Crippen LogP contribution in [0.25, 0.3) is 0 Å². The third-order valence-corrected chi connectivity index (χ3v) is 15.9. The zero-order chi connectivity index (χ0) is 49.9. The van der Waals surface area contributed by atoms with E-state index in [9.17, 15) is 15.0 Å². The Hall–Kier alpha value is -0.610. The zero-order valence-electron chi connectivity index (χ0n) is 47.9. The smallest absolute Gasteiger partial charge is 0.220 e. The molecule has 0 spiro atoms. The molecule has 0 aromatic heterocycles. The van der Waals surface area contributed by atoms with Gasteiger partial charge in [-0.05, 0) is 12.8 Å². The molecule has 0 bridgehead atoms. The molecule has 4 nitrogen and oxygen atoms in total. The fourth-order valence-corrected chi connectivity index (χ4v) is 10.9. The lowest BCUT2D eigenvalue weighted by atomic mass is 10.0. The summed E-state index contributed by atoms with van der Waals surface area (Å²) >= 11 is 0. The predicted octanol–water partition coefficient (Wildman–Crippen LogP) is 21.9. The second kappa shape index (κ2) is 61.7. The maximum atomic E-state index is 12.5. The molecule has 69 heavy (non-hydrogen) atoms. The average molecular weight is 975 g/mol. The quantitative estimate of drug-likeness (QED) is 0.0532. The lowest BCUT2D eigenvalue weighted by Gasteiger charge is -2.22. The molecule has 0 aromatic rings. The first-order chi connectivity index (χ1) is 34.2. The van der Waals surface area contributed by atoms with E-state index in [1.807, 2.05) is 0 Å². The van der Waals surface area contributed by atoms with Crippen molar-refractivity contribution in [3.05, 3.63) is 0 Å². The van der Waals surface area contributed by atoms with Crippen LogP contribution >= 0.6 is 0 Å². The van der Waals surface area contributed by atoms with Crippen molar-refractivity contribution in [2.24, 2.45) is 0 Å². The van der Waals surface area contributed by atoms with E-state index >= 15 is 0 Å². The fraction of sp³-hybridized carbons (Fsp3) is 0.985. The van der Waals surface area contributed by atoms with Gasteiger partial charge < -0.3 is 15.5 Å². The van der Waals surface area contributed by atoms with Gasteiger partial charge >= 0.3 is 0 Å². The first-order valence-corrected chi connectivity index (χ1v) is 32.7. The summed E-state index contributed by atoms with van der Waals surface area (Å²) in [7, 11) is 0. The second-order valence-corrected chi connectivity index (χ2v) is 22.9. The number of aliphatic hydroxyl groups is 2. The highest BCUT2D eigenvalue weighted by atomic mass is 16.3. The highest BCUT2D eigenvalue weighted by Gasteiger charge is 2.20. The summed E-state index contributed by atoms with van der Waals surface area (Å²) < 4.78 is 0. The van der Waals surface area contributed by atoms with Crippen LogP contribution < -0.4 is 5.32 Å². The van der Waals surface area contributed by atoms with Gasteiger partial charge in [-0.2, -0.15) is 0 Å². The molecule has 0 fully saturated rings. The van der Waals surface area contributed by atoms with E-state index in [-0.39, 0.29) is 12.5 Å². The Bertz CT molecular complexity index is 925. The molecule has 2 unspecified atom stereocenters. The molecule has 0 aromatic carbocycles. The molecule has 0 aliphatic heterocycles. The molecule has 4 heteroatoms. The summed E-state index contributed by atoms with van der Waals surface area (Å²) in [5.41, 5.74) is 0. The normalized spacial score (nSPS) is 12.6. The molecule has 1 amide bonds. The van der Waals surface area contributed by atoms with Gasteiger partial charge in [0.05, 0.1) is 18.8 Å². The Kier molecular flexibility index (Phi) is 61.1. The fourth-order valence-electron chi connectivity index (χ4n) is 10.9. The number of rotatable bonds is 62.